The molecular formula is C19H39NSi2. The monoisotopic (exact) mass is 337 g/mol. The fourth-order valence-corrected chi connectivity index (χ4v) is 5.00. The van der Waals surface area contributed by atoms with Crippen LogP contribution in [0.25, 0.3) is 0 Å². The molecule has 0 heterocycles. The average Bonchev–Trinajstić information content (AvgIpc) is 2.40. The standard InChI is InChI=1S/C19H39NSi2/c1-18(2)21(5,6)16-12-10-9-11-14-20-15-13-17-22(7,8)19(3)4/h15H,1,3,9-14,16-17H2,2,4-8H3. The Morgan fingerprint density at radius 2 is 1.32 bits per heavy atom. The van der Waals surface area contributed by atoms with Crippen LogP contribution in [0.3, 0.4) is 0 Å². The summed E-state index contributed by atoms with van der Waals surface area (Å²) >= 11 is 0. The molecule has 0 saturated carbocycles. The van der Waals surface area contributed by atoms with Gasteiger partial charge in [0.25, 0.3) is 0 Å². The van der Waals surface area contributed by atoms with Crippen LogP contribution in [0, 0.1) is 0 Å². The summed E-state index contributed by atoms with van der Waals surface area (Å²) in [6.45, 7) is 23.4. The van der Waals surface area contributed by atoms with Crippen LogP contribution < -0.4 is 0 Å². The van der Waals surface area contributed by atoms with Crippen molar-refractivity contribution >= 4 is 22.4 Å². The van der Waals surface area contributed by atoms with Gasteiger partial charge in [0.05, 0.1) is 16.1 Å². The van der Waals surface area contributed by atoms with Gasteiger partial charge in [0.2, 0.25) is 0 Å². The highest BCUT2D eigenvalue weighted by Crippen LogP contribution is 2.21. The summed E-state index contributed by atoms with van der Waals surface area (Å²) in [4.78, 5) is 4.57. The number of rotatable bonds is 12. The summed E-state index contributed by atoms with van der Waals surface area (Å²) in [5.41, 5.74) is 0. The van der Waals surface area contributed by atoms with Gasteiger partial charge in [-0.3, -0.25) is 4.99 Å². The highest BCUT2D eigenvalue weighted by molar-refractivity contribution is 6.84. The molecule has 0 N–H and O–H groups in total. The molecule has 3 heteroatoms. The van der Waals surface area contributed by atoms with Gasteiger partial charge in [-0.2, -0.15) is 0 Å². The van der Waals surface area contributed by atoms with Crippen LogP contribution in [-0.4, -0.2) is 28.9 Å². The van der Waals surface area contributed by atoms with Crippen molar-refractivity contribution in [3.8, 4) is 0 Å². The highest BCUT2D eigenvalue weighted by Gasteiger charge is 2.20. The minimum atomic E-state index is -1.18. The fraction of sp³-hybridized carbons (Fsp3) is 0.737. The van der Waals surface area contributed by atoms with Crippen LogP contribution in [-0.2, 0) is 0 Å². The molecular weight excluding hydrogens is 298 g/mol. The first kappa shape index (κ1) is 21.6. The number of hydrogen-bond donors (Lipinski definition) is 0. The number of allylic oxidation sites excluding steroid dienone is 2. The van der Waals surface area contributed by atoms with Crippen LogP contribution in [0.1, 0.15) is 46.0 Å². The van der Waals surface area contributed by atoms with Crippen molar-refractivity contribution in [1.82, 2.24) is 0 Å². The zero-order valence-electron chi connectivity index (χ0n) is 16.1. The van der Waals surface area contributed by atoms with Crippen molar-refractivity contribution in [1.29, 1.82) is 0 Å². The second kappa shape index (κ2) is 10.4. The Bertz CT molecular complexity index is 381. The molecule has 0 spiro atoms. The predicted molar refractivity (Wildman–Crippen MR) is 111 cm³/mol. The van der Waals surface area contributed by atoms with Crippen molar-refractivity contribution in [3.63, 3.8) is 0 Å². The van der Waals surface area contributed by atoms with E-state index in [1.807, 2.05) is 0 Å². The number of unbranched alkanes of at least 4 members (excludes halogenated alkanes) is 3. The van der Waals surface area contributed by atoms with Crippen molar-refractivity contribution in [2.24, 2.45) is 4.99 Å². The Labute approximate surface area is 142 Å². The lowest BCUT2D eigenvalue weighted by atomic mass is 10.2. The molecule has 0 bridgehead atoms. The summed E-state index contributed by atoms with van der Waals surface area (Å²) in [5, 5.41) is 2.85. The normalized spacial score (nSPS) is 12.8. The van der Waals surface area contributed by atoms with Crippen molar-refractivity contribution in [3.05, 3.63) is 23.6 Å². The van der Waals surface area contributed by atoms with E-state index < -0.39 is 16.1 Å². The van der Waals surface area contributed by atoms with Gasteiger partial charge in [0.15, 0.2) is 0 Å². The molecule has 0 aliphatic heterocycles. The van der Waals surface area contributed by atoms with Crippen LogP contribution >= 0.6 is 0 Å². The van der Waals surface area contributed by atoms with E-state index in [9.17, 15) is 0 Å². The molecule has 128 valence electrons. The molecule has 0 aromatic carbocycles. The molecule has 22 heavy (non-hydrogen) atoms. The van der Waals surface area contributed by atoms with Crippen LogP contribution in [0.5, 0.6) is 0 Å². The SMILES string of the molecule is C=C(C)[Si](C)(C)CCC=NCCCCCC[Si](C)(C)C(=C)C. The van der Waals surface area contributed by atoms with Gasteiger partial charge < -0.3 is 0 Å². The first-order valence-corrected chi connectivity index (χ1v) is 15.3. The second-order valence-corrected chi connectivity index (χ2v) is 18.4. The van der Waals surface area contributed by atoms with Gasteiger partial charge in [-0.25, -0.2) is 0 Å². The molecule has 0 aromatic rings. The predicted octanol–water partition coefficient (Wildman–Crippen LogP) is 6.66. The zero-order chi connectivity index (χ0) is 17.2. The van der Waals surface area contributed by atoms with E-state index in [2.05, 4.69) is 64.4 Å². The molecule has 0 aromatic heterocycles. The van der Waals surface area contributed by atoms with Crippen molar-refractivity contribution < 1.29 is 0 Å². The van der Waals surface area contributed by atoms with Crippen LogP contribution in [0.15, 0.2) is 28.5 Å². The molecule has 0 unspecified atom stereocenters. The molecule has 0 saturated heterocycles. The lowest BCUT2D eigenvalue weighted by molar-refractivity contribution is 0.671. The number of nitrogens with zero attached hydrogens (tertiary/aromatic N) is 1. The van der Waals surface area contributed by atoms with Crippen molar-refractivity contribution in [2.45, 2.75) is 84.2 Å². The minimum Gasteiger partial charge on any atom is -0.298 e. The fourth-order valence-electron chi connectivity index (χ4n) is 2.16. The van der Waals surface area contributed by atoms with E-state index >= 15 is 0 Å². The van der Waals surface area contributed by atoms with E-state index in [1.165, 1.54) is 48.2 Å². The molecule has 0 fully saturated rings. The molecule has 0 aliphatic rings. The molecule has 0 amide bonds. The highest BCUT2D eigenvalue weighted by atomic mass is 28.3. The maximum absolute atomic E-state index is 4.57. The molecule has 0 aliphatic carbocycles. The van der Waals surface area contributed by atoms with E-state index in [4.69, 9.17) is 0 Å². The summed E-state index contributed by atoms with van der Waals surface area (Å²) in [6.07, 6.45) is 8.57. The third kappa shape index (κ3) is 9.57. The number of hydrogen-bond acceptors (Lipinski definition) is 1. The lowest BCUT2D eigenvalue weighted by Crippen LogP contribution is -2.26. The quantitative estimate of drug-likeness (QED) is 0.214. The first-order chi connectivity index (χ1) is 10.1. The number of aliphatic imine (C=N–C) groups is 1. The zero-order valence-corrected chi connectivity index (χ0v) is 18.1. The lowest BCUT2D eigenvalue weighted by Gasteiger charge is -2.22. The van der Waals surface area contributed by atoms with Gasteiger partial charge in [-0.1, -0.05) is 61.9 Å². The molecule has 0 radical (unpaired) electrons. The van der Waals surface area contributed by atoms with Gasteiger partial charge in [-0.05, 0) is 38.9 Å². The second-order valence-electron chi connectivity index (χ2n) is 8.12. The summed E-state index contributed by atoms with van der Waals surface area (Å²) < 4.78 is 0. The summed E-state index contributed by atoms with van der Waals surface area (Å²) in [6, 6.07) is 2.68. The maximum atomic E-state index is 4.57. The van der Waals surface area contributed by atoms with Crippen molar-refractivity contribution in [2.75, 3.05) is 6.54 Å². The third-order valence-electron chi connectivity index (χ3n) is 5.18. The smallest absolute Gasteiger partial charge is 0.0746 e. The Morgan fingerprint density at radius 3 is 1.86 bits per heavy atom. The van der Waals surface area contributed by atoms with Gasteiger partial charge >= 0.3 is 0 Å². The van der Waals surface area contributed by atoms with Gasteiger partial charge in [0, 0.05) is 6.54 Å². The molecule has 0 rings (SSSR count). The first-order valence-electron chi connectivity index (χ1n) is 8.90. The molecule has 0 atom stereocenters. The topological polar surface area (TPSA) is 12.4 Å². The van der Waals surface area contributed by atoms with Gasteiger partial charge in [0.1, 0.15) is 0 Å². The Hall–Kier alpha value is -0.416. The third-order valence-corrected chi connectivity index (χ3v) is 12.9. The van der Waals surface area contributed by atoms with E-state index in [-0.39, 0.29) is 0 Å². The average molecular weight is 338 g/mol. The maximum Gasteiger partial charge on any atom is 0.0746 e. The van der Waals surface area contributed by atoms with E-state index in [1.54, 1.807) is 0 Å². The van der Waals surface area contributed by atoms with Gasteiger partial charge in [-0.15, -0.1) is 13.2 Å². The van der Waals surface area contributed by atoms with Crippen LogP contribution in [0.4, 0.5) is 0 Å². The summed E-state index contributed by atoms with van der Waals surface area (Å²) in [5.74, 6) is 0. The van der Waals surface area contributed by atoms with Crippen LogP contribution in [0.2, 0.25) is 38.3 Å². The molecule has 1 nitrogen and oxygen atoms in total. The van der Waals surface area contributed by atoms with E-state index in [0.29, 0.717) is 0 Å². The largest absolute Gasteiger partial charge is 0.298 e. The summed E-state index contributed by atoms with van der Waals surface area (Å²) in [7, 11) is -2.30. The minimum absolute atomic E-state index is 1.01. The Kier molecular flexibility index (Phi) is 10.2. The Balaban J connectivity index is 3.61. The Morgan fingerprint density at radius 1 is 0.818 bits per heavy atom. The van der Waals surface area contributed by atoms with E-state index in [0.717, 1.165) is 13.0 Å².